The summed E-state index contributed by atoms with van der Waals surface area (Å²) in [5.74, 6) is 0.410. The summed E-state index contributed by atoms with van der Waals surface area (Å²) < 4.78 is 2.01. The second-order valence-electron chi connectivity index (χ2n) is 10.7. The molecule has 2 aliphatic rings. The van der Waals surface area contributed by atoms with Crippen LogP contribution in [-0.2, 0) is 11.3 Å². The molecule has 1 atom stereocenters. The SMILES string of the molecule is O=C(O)CC(NC(=O)c1cccn2c(NCc3ccccc3)c(C3CCCCC3)nc12)C1CCCCC1. The molecule has 2 aromatic heterocycles. The van der Waals surface area contributed by atoms with Crippen molar-refractivity contribution in [2.24, 2.45) is 5.92 Å². The molecule has 0 aliphatic heterocycles. The molecule has 1 unspecified atom stereocenters. The number of nitrogens with zero attached hydrogens (tertiary/aromatic N) is 2. The molecular weight excluding hydrogens is 464 g/mol. The monoisotopic (exact) mass is 502 g/mol. The fourth-order valence-corrected chi connectivity index (χ4v) is 6.19. The Labute approximate surface area is 218 Å². The number of carbonyl (C=O) groups excluding carboxylic acids is 1. The summed E-state index contributed by atoms with van der Waals surface area (Å²) in [5, 5.41) is 16.3. The summed E-state index contributed by atoms with van der Waals surface area (Å²) in [6.45, 7) is 0.674. The molecule has 2 fully saturated rings. The largest absolute Gasteiger partial charge is 0.481 e. The van der Waals surface area contributed by atoms with Gasteiger partial charge < -0.3 is 15.7 Å². The molecule has 0 saturated heterocycles. The third-order valence-corrected chi connectivity index (χ3v) is 8.15. The van der Waals surface area contributed by atoms with Gasteiger partial charge in [-0.3, -0.25) is 14.0 Å². The van der Waals surface area contributed by atoms with Crippen LogP contribution in [0.15, 0.2) is 48.7 Å². The van der Waals surface area contributed by atoms with Crippen molar-refractivity contribution in [3.8, 4) is 0 Å². The maximum Gasteiger partial charge on any atom is 0.305 e. The number of carboxylic acids is 1. The Bertz CT molecular complexity index is 1210. The highest BCUT2D eigenvalue weighted by molar-refractivity contribution is 6.00. The first kappa shape index (κ1) is 25.3. The molecule has 3 aromatic rings. The van der Waals surface area contributed by atoms with Gasteiger partial charge >= 0.3 is 5.97 Å². The molecule has 1 aromatic carbocycles. The van der Waals surface area contributed by atoms with Crippen LogP contribution in [0.5, 0.6) is 0 Å². The number of carboxylic acid groups (broad SMARTS) is 1. The van der Waals surface area contributed by atoms with Gasteiger partial charge in [0.1, 0.15) is 5.82 Å². The number of anilines is 1. The lowest BCUT2D eigenvalue weighted by Gasteiger charge is -2.30. The van der Waals surface area contributed by atoms with Crippen molar-refractivity contribution in [3.05, 3.63) is 65.5 Å². The van der Waals surface area contributed by atoms with Crippen LogP contribution in [0.3, 0.4) is 0 Å². The zero-order valence-corrected chi connectivity index (χ0v) is 21.5. The lowest BCUT2D eigenvalue weighted by Crippen LogP contribution is -2.42. The number of carbonyl (C=O) groups is 2. The van der Waals surface area contributed by atoms with Crippen LogP contribution in [0.4, 0.5) is 5.82 Å². The first-order valence-corrected chi connectivity index (χ1v) is 13.9. The van der Waals surface area contributed by atoms with Crippen LogP contribution in [0.2, 0.25) is 0 Å². The summed E-state index contributed by atoms with van der Waals surface area (Å²) in [6.07, 6.45) is 13.1. The number of nitrogens with one attached hydrogen (secondary N) is 2. The highest BCUT2D eigenvalue weighted by atomic mass is 16.4. The number of imidazole rings is 1. The third-order valence-electron chi connectivity index (χ3n) is 8.15. The van der Waals surface area contributed by atoms with Crippen molar-refractivity contribution in [1.82, 2.24) is 14.7 Å². The molecule has 3 N–H and O–H groups in total. The van der Waals surface area contributed by atoms with Crippen LogP contribution in [0.1, 0.15) is 98.2 Å². The Balaban J connectivity index is 1.46. The summed E-state index contributed by atoms with van der Waals surface area (Å²) in [4.78, 5) is 30.3. The smallest absolute Gasteiger partial charge is 0.305 e. The second-order valence-corrected chi connectivity index (χ2v) is 10.7. The fraction of sp³-hybridized carbons (Fsp3) is 0.500. The molecule has 7 heteroatoms. The number of fused-ring (bicyclic) bond motifs is 1. The minimum absolute atomic E-state index is 0.0504. The van der Waals surface area contributed by atoms with Gasteiger partial charge in [0.2, 0.25) is 0 Å². The number of hydrogen-bond donors (Lipinski definition) is 3. The van der Waals surface area contributed by atoms with Gasteiger partial charge in [0.25, 0.3) is 5.91 Å². The van der Waals surface area contributed by atoms with E-state index in [-0.39, 0.29) is 24.3 Å². The molecule has 2 saturated carbocycles. The minimum atomic E-state index is -0.873. The number of benzene rings is 1. The van der Waals surface area contributed by atoms with Crippen molar-refractivity contribution in [3.63, 3.8) is 0 Å². The lowest BCUT2D eigenvalue weighted by atomic mass is 9.82. The van der Waals surface area contributed by atoms with E-state index in [1.165, 1.54) is 31.2 Å². The van der Waals surface area contributed by atoms with E-state index in [1.54, 1.807) is 0 Å². The number of hydrogen-bond acceptors (Lipinski definition) is 4. The van der Waals surface area contributed by atoms with Crippen LogP contribution in [0.25, 0.3) is 5.65 Å². The van der Waals surface area contributed by atoms with Crippen molar-refractivity contribution in [2.45, 2.75) is 89.1 Å². The molecule has 5 rings (SSSR count). The first-order chi connectivity index (χ1) is 18.1. The fourth-order valence-electron chi connectivity index (χ4n) is 6.19. The van der Waals surface area contributed by atoms with Crippen LogP contribution < -0.4 is 10.6 Å². The summed E-state index contributed by atoms with van der Waals surface area (Å²) >= 11 is 0. The number of pyridine rings is 1. The molecule has 0 bridgehead atoms. The Hall–Kier alpha value is -3.35. The van der Waals surface area contributed by atoms with Crippen molar-refractivity contribution in [2.75, 3.05) is 5.32 Å². The van der Waals surface area contributed by atoms with E-state index < -0.39 is 5.97 Å². The van der Waals surface area contributed by atoms with Gasteiger partial charge in [0.05, 0.1) is 17.7 Å². The molecule has 0 spiro atoms. The van der Waals surface area contributed by atoms with Crippen LogP contribution in [-0.4, -0.2) is 32.4 Å². The predicted octanol–water partition coefficient (Wildman–Crippen LogP) is 6.15. The van der Waals surface area contributed by atoms with E-state index in [9.17, 15) is 14.7 Å². The van der Waals surface area contributed by atoms with Crippen LogP contribution >= 0.6 is 0 Å². The van der Waals surface area contributed by atoms with E-state index in [4.69, 9.17) is 4.98 Å². The molecule has 2 heterocycles. The van der Waals surface area contributed by atoms with Gasteiger partial charge in [0, 0.05) is 24.7 Å². The average Bonchev–Trinajstić information content (AvgIpc) is 3.31. The Morgan fingerprint density at radius 3 is 2.35 bits per heavy atom. The van der Waals surface area contributed by atoms with Crippen molar-refractivity contribution in [1.29, 1.82) is 0 Å². The number of aromatic nitrogens is 2. The molecule has 196 valence electrons. The quantitative estimate of drug-likeness (QED) is 0.326. The van der Waals surface area contributed by atoms with Crippen LogP contribution in [0, 0.1) is 5.92 Å². The van der Waals surface area contributed by atoms with E-state index >= 15 is 0 Å². The van der Waals surface area contributed by atoms with Gasteiger partial charge in [-0.1, -0.05) is 68.9 Å². The van der Waals surface area contributed by atoms with E-state index in [2.05, 4.69) is 22.8 Å². The minimum Gasteiger partial charge on any atom is -0.481 e. The zero-order valence-electron chi connectivity index (χ0n) is 21.5. The maximum absolute atomic E-state index is 13.6. The molecule has 7 nitrogen and oxygen atoms in total. The summed E-state index contributed by atoms with van der Waals surface area (Å²) in [5.41, 5.74) is 3.35. The van der Waals surface area contributed by atoms with E-state index in [1.807, 2.05) is 40.9 Å². The number of aliphatic carboxylic acids is 1. The van der Waals surface area contributed by atoms with E-state index in [0.29, 0.717) is 23.7 Å². The lowest BCUT2D eigenvalue weighted by molar-refractivity contribution is -0.137. The molecule has 1 amide bonds. The van der Waals surface area contributed by atoms with Gasteiger partial charge in [-0.15, -0.1) is 0 Å². The number of rotatable bonds is 9. The second kappa shape index (κ2) is 11.8. The Kier molecular flexibility index (Phi) is 8.07. The third kappa shape index (κ3) is 5.97. The Morgan fingerprint density at radius 1 is 0.946 bits per heavy atom. The van der Waals surface area contributed by atoms with Gasteiger partial charge in [-0.25, -0.2) is 4.98 Å². The van der Waals surface area contributed by atoms with Crippen molar-refractivity contribution < 1.29 is 14.7 Å². The average molecular weight is 503 g/mol. The topological polar surface area (TPSA) is 95.7 Å². The maximum atomic E-state index is 13.6. The highest BCUT2D eigenvalue weighted by Gasteiger charge is 2.29. The van der Waals surface area contributed by atoms with Gasteiger partial charge in [0.15, 0.2) is 5.65 Å². The Morgan fingerprint density at radius 2 is 1.65 bits per heavy atom. The van der Waals surface area contributed by atoms with E-state index in [0.717, 1.165) is 50.0 Å². The summed E-state index contributed by atoms with van der Waals surface area (Å²) in [6, 6.07) is 13.6. The predicted molar refractivity (Wildman–Crippen MR) is 145 cm³/mol. The highest BCUT2D eigenvalue weighted by Crippen LogP contribution is 2.37. The normalized spacial score (nSPS) is 17.9. The van der Waals surface area contributed by atoms with Gasteiger partial charge in [-0.2, -0.15) is 0 Å². The molecular formula is C30H38N4O3. The first-order valence-electron chi connectivity index (χ1n) is 13.9. The van der Waals surface area contributed by atoms with Crippen molar-refractivity contribution >= 4 is 23.3 Å². The molecule has 0 radical (unpaired) electrons. The standard InChI is InChI=1S/C30H38N4O3/c35-26(36)19-25(22-13-6-2-7-14-22)32-30(37)24-17-10-18-34-28(24)33-27(23-15-8-3-9-16-23)29(34)31-20-21-11-4-1-5-12-21/h1,4-5,10-12,17-18,22-23,25,31H,2-3,6-9,13-16,19-20H2,(H,32,37)(H,35,36). The molecule has 2 aliphatic carbocycles. The zero-order chi connectivity index (χ0) is 25.6. The van der Waals surface area contributed by atoms with Gasteiger partial charge in [-0.05, 0) is 49.3 Å². The number of amides is 1. The summed E-state index contributed by atoms with van der Waals surface area (Å²) in [7, 11) is 0. The molecule has 37 heavy (non-hydrogen) atoms.